The van der Waals surface area contributed by atoms with Crippen molar-refractivity contribution >= 4 is 5.97 Å². The number of carboxylic acids is 1. The van der Waals surface area contributed by atoms with Crippen molar-refractivity contribution in [3.8, 4) is 11.5 Å². The third-order valence-corrected chi connectivity index (χ3v) is 2.77. The van der Waals surface area contributed by atoms with E-state index in [-0.39, 0.29) is 5.75 Å². The number of hydrogen-bond donors (Lipinski definition) is 3. The van der Waals surface area contributed by atoms with Crippen LogP contribution in [0.2, 0.25) is 0 Å². The van der Waals surface area contributed by atoms with E-state index in [1.54, 1.807) is 25.1 Å². The standard InChI is InChI=1S/C14H21NO4/c1-3-5-9-15-12(14(17)18)10-7-6-8-11(13(10)16)19-4-2/h6-8,12,15-16H,3-5,9H2,1-2H3,(H,17,18). The van der Waals surface area contributed by atoms with Gasteiger partial charge in [0, 0.05) is 5.56 Å². The van der Waals surface area contributed by atoms with Crippen LogP contribution >= 0.6 is 0 Å². The number of aromatic hydroxyl groups is 1. The van der Waals surface area contributed by atoms with Crippen LogP contribution < -0.4 is 10.1 Å². The molecule has 5 heteroatoms. The number of unbranched alkanes of at least 4 members (excludes halogenated alkanes) is 1. The molecule has 1 aromatic rings. The Balaban J connectivity index is 2.95. The highest BCUT2D eigenvalue weighted by Gasteiger charge is 2.23. The maximum absolute atomic E-state index is 11.3. The summed E-state index contributed by atoms with van der Waals surface area (Å²) in [6.45, 7) is 4.84. The van der Waals surface area contributed by atoms with Crippen molar-refractivity contribution < 1.29 is 19.7 Å². The van der Waals surface area contributed by atoms with Crippen molar-refractivity contribution in [2.45, 2.75) is 32.7 Å². The minimum Gasteiger partial charge on any atom is -0.504 e. The molecule has 19 heavy (non-hydrogen) atoms. The quantitative estimate of drug-likeness (QED) is 0.630. The van der Waals surface area contributed by atoms with Crippen molar-refractivity contribution in [2.24, 2.45) is 0 Å². The highest BCUT2D eigenvalue weighted by molar-refractivity contribution is 5.77. The molecule has 1 rings (SSSR count). The second-order valence-corrected chi connectivity index (χ2v) is 4.21. The topological polar surface area (TPSA) is 78.8 Å². The van der Waals surface area contributed by atoms with Crippen LogP contribution in [0.25, 0.3) is 0 Å². The summed E-state index contributed by atoms with van der Waals surface area (Å²) in [6.07, 6.45) is 1.86. The Labute approximate surface area is 113 Å². The zero-order valence-electron chi connectivity index (χ0n) is 11.3. The lowest BCUT2D eigenvalue weighted by Crippen LogP contribution is -2.29. The number of nitrogens with one attached hydrogen (secondary N) is 1. The van der Waals surface area contributed by atoms with E-state index < -0.39 is 12.0 Å². The molecule has 0 amide bonds. The van der Waals surface area contributed by atoms with Gasteiger partial charge in [-0.15, -0.1) is 0 Å². The maximum atomic E-state index is 11.3. The third-order valence-electron chi connectivity index (χ3n) is 2.77. The molecule has 1 aromatic carbocycles. The first-order valence-corrected chi connectivity index (χ1v) is 6.52. The molecule has 0 radical (unpaired) electrons. The number of phenolic OH excluding ortho intramolecular Hbond substituents is 1. The second kappa shape index (κ2) is 7.63. The molecule has 5 nitrogen and oxygen atoms in total. The average molecular weight is 267 g/mol. The van der Waals surface area contributed by atoms with E-state index in [0.29, 0.717) is 24.5 Å². The normalized spacial score (nSPS) is 12.1. The SMILES string of the molecule is CCCCNC(C(=O)O)c1cccc(OCC)c1O. The summed E-state index contributed by atoms with van der Waals surface area (Å²) < 4.78 is 5.26. The zero-order valence-corrected chi connectivity index (χ0v) is 11.3. The number of hydrogen-bond acceptors (Lipinski definition) is 4. The predicted octanol–water partition coefficient (Wildman–Crippen LogP) is 2.31. The van der Waals surface area contributed by atoms with Crippen LogP contribution in [0.5, 0.6) is 11.5 Å². The van der Waals surface area contributed by atoms with Gasteiger partial charge in [-0.3, -0.25) is 4.79 Å². The van der Waals surface area contributed by atoms with Gasteiger partial charge in [0.1, 0.15) is 6.04 Å². The number of phenols is 1. The molecular weight excluding hydrogens is 246 g/mol. The predicted molar refractivity (Wildman–Crippen MR) is 72.6 cm³/mol. The number of aliphatic carboxylic acids is 1. The van der Waals surface area contributed by atoms with Crippen LogP contribution in [-0.4, -0.2) is 29.3 Å². The van der Waals surface area contributed by atoms with Gasteiger partial charge >= 0.3 is 5.97 Å². The molecule has 0 fully saturated rings. The number of carbonyl (C=O) groups is 1. The van der Waals surface area contributed by atoms with Gasteiger partial charge in [-0.1, -0.05) is 25.5 Å². The van der Waals surface area contributed by atoms with Gasteiger partial charge in [0.25, 0.3) is 0 Å². The Morgan fingerprint density at radius 3 is 2.74 bits per heavy atom. The van der Waals surface area contributed by atoms with Crippen LogP contribution in [0.1, 0.15) is 38.3 Å². The third kappa shape index (κ3) is 4.13. The van der Waals surface area contributed by atoms with Crippen molar-refractivity contribution in [1.29, 1.82) is 0 Å². The molecule has 106 valence electrons. The lowest BCUT2D eigenvalue weighted by atomic mass is 10.0. The Kier molecular flexibility index (Phi) is 6.15. The second-order valence-electron chi connectivity index (χ2n) is 4.21. The van der Waals surface area contributed by atoms with Gasteiger partial charge in [-0.25, -0.2) is 0 Å². The average Bonchev–Trinajstić information content (AvgIpc) is 2.38. The first-order chi connectivity index (χ1) is 9.11. The summed E-state index contributed by atoms with van der Waals surface area (Å²) in [6, 6.07) is 3.97. The van der Waals surface area contributed by atoms with Crippen molar-refractivity contribution in [3.05, 3.63) is 23.8 Å². The molecule has 1 atom stereocenters. The molecule has 0 saturated carbocycles. The summed E-state index contributed by atoms with van der Waals surface area (Å²) >= 11 is 0. The Hall–Kier alpha value is -1.75. The lowest BCUT2D eigenvalue weighted by Gasteiger charge is -2.17. The van der Waals surface area contributed by atoms with Gasteiger partial charge in [-0.05, 0) is 26.0 Å². The van der Waals surface area contributed by atoms with Gasteiger partial charge in [0.15, 0.2) is 11.5 Å². The summed E-state index contributed by atoms with van der Waals surface area (Å²) in [4.78, 5) is 11.3. The van der Waals surface area contributed by atoms with E-state index in [9.17, 15) is 15.0 Å². The Bertz CT molecular complexity index is 420. The molecule has 1 unspecified atom stereocenters. The van der Waals surface area contributed by atoms with E-state index in [1.807, 2.05) is 6.92 Å². The van der Waals surface area contributed by atoms with Crippen molar-refractivity contribution in [2.75, 3.05) is 13.2 Å². The highest BCUT2D eigenvalue weighted by atomic mass is 16.5. The first kappa shape index (κ1) is 15.3. The molecule has 0 heterocycles. The van der Waals surface area contributed by atoms with Crippen molar-refractivity contribution in [1.82, 2.24) is 5.32 Å². The number of para-hydroxylation sites is 1. The molecule has 0 bridgehead atoms. The van der Waals surface area contributed by atoms with E-state index in [4.69, 9.17) is 4.74 Å². The van der Waals surface area contributed by atoms with Crippen LogP contribution in [0, 0.1) is 0 Å². The molecule has 0 aliphatic carbocycles. The first-order valence-electron chi connectivity index (χ1n) is 6.52. The summed E-state index contributed by atoms with van der Waals surface area (Å²) in [7, 11) is 0. The number of ether oxygens (including phenoxy) is 1. The van der Waals surface area contributed by atoms with Crippen LogP contribution in [-0.2, 0) is 4.79 Å². The lowest BCUT2D eigenvalue weighted by molar-refractivity contribution is -0.139. The number of carboxylic acid groups (broad SMARTS) is 1. The van der Waals surface area contributed by atoms with Crippen LogP contribution in [0.4, 0.5) is 0 Å². The van der Waals surface area contributed by atoms with Gasteiger partial charge in [-0.2, -0.15) is 0 Å². The van der Waals surface area contributed by atoms with Crippen LogP contribution in [0.3, 0.4) is 0 Å². The van der Waals surface area contributed by atoms with Crippen molar-refractivity contribution in [3.63, 3.8) is 0 Å². The largest absolute Gasteiger partial charge is 0.504 e. The molecule has 0 aromatic heterocycles. The monoisotopic (exact) mass is 267 g/mol. The van der Waals surface area contributed by atoms with Gasteiger partial charge in [0.2, 0.25) is 0 Å². The smallest absolute Gasteiger partial charge is 0.325 e. The van der Waals surface area contributed by atoms with E-state index >= 15 is 0 Å². The van der Waals surface area contributed by atoms with Crippen LogP contribution in [0.15, 0.2) is 18.2 Å². The van der Waals surface area contributed by atoms with Gasteiger partial charge < -0.3 is 20.3 Å². The fraction of sp³-hybridized carbons (Fsp3) is 0.500. The number of rotatable bonds is 8. The van der Waals surface area contributed by atoms with E-state index in [2.05, 4.69) is 5.32 Å². The molecular formula is C14H21NO4. The van der Waals surface area contributed by atoms with E-state index in [1.165, 1.54) is 0 Å². The molecule has 0 aliphatic heterocycles. The Morgan fingerprint density at radius 1 is 1.42 bits per heavy atom. The summed E-state index contributed by atoms with van der Waals surface area (Å²) in [5, 5.41) is 22.3. The minimum absolute atomic E-state index is 0.110. The molecule has 0 aliphatic rings. The summed E-state index contributed by atoms with van der Waals surface area (Å²) in [5.41, 5.74) is 0.328. The Morgan fingerprint density at radius 2 is 2.16 bits per heavy atom. The fourth-order valence-electron chi connectivity index (χ4n) is 1.80. The fourth-order valence-corrected chi connectivity index (χ4v) is 1.80. The molecule has 0 spiro atoms. The molecule has 0 saturated heterocycles. The van der Waals surface area contributed by atoms with E-state index in [0.717, 1.165) is 12.8 Å². The zero-order chi connectivity index (χ0) is 14.3. The number of benzene rings is 1. The molecule has 3 N–H and O–H groups in total. The van der Waals surface area contributed by atoms with Gasteiger partial charge in [0.05, 0.1) is 6.61 Å². The summed E-state index contributed by atoms with van der Waals surface area (Å²) in [5.74, 6) is -0.815. The maximum Gasteiger partial charge on any atom is 0.325 e. The minimum atomic E-state index is -1.01. The highest BCUT2D eigenvalue weighted by Crippen LogP contribution is 2.33.